The van der Waals surface area contributed by atoms with Gasteiger partial charge in [0, 0.05) is 25.0 Å². The van der Waals surface area contributed by atoms with Crippen LogP contribution in [0.2, 0.25) is 0 Å². The first-order valence-corrected chi connectivity index (χ1v) is 7.20. The molecule has 1 N–H and O–H groups in total. The molecule has 0 atom stereocenters. The Labute approximate surface area is 122 Å². The molecule has 0 aromatic carbocycles. The number of fused-ring (bicyclic) bond motifs is 1. The summed E-state index contributed by atoms with van der Waals surface area (Å²) in [6.07, 6.45) is 6.64. The zero-order valence-corrected chi connectivity index (χ0v) is 11.8. The minimum Gasteiger partial charge on any atom is -0.353 e. The summed E-state index contributed by atoms with van der Waals surface area (Å²) < 4.78 is 3.25. The molecule has 2 aromatic rings. The number of amides is 1. The predicted molar refractivity (Wildman–Crippen MR) is 78.0 cm³/mol. The monoisotopic (exact) mass is 286 g/mol. The largest absolute Gasteiger partial charge is 0.353 e. The SMILES string of the molecule is O=C(Cn1cccc1)NCCn1nc2c(cc1=O)CCC2. The maximum absolute atomic E-state index is 11.9. The van der Waals surface area contributed by atoms with Gasteiger partial charge in [-0.25, -0.2) is 4.68 Å². The Bertz CT molecular complexity index is 688. The van der Waals surface area contributed by atoms with Gasteiger partial charge in [0.1, 0.15) is 6.54 Å². The van der Waals surface area contributed by atoms with Crippen LogP contribution < -0.4 is 10.9 Å². The normalized spacial score (nSPS) is 13.1. The van der Waals surface area contributed by atoms with E-state index in [0.717, 1.165) is 30.5 Å². The summed E-state index contributed by atoms with van der Waals surface area (Å²) in [4.78, 5) is 23.6. The van der Waals surface area contributed by atoms with Crippen molar-refractivity contribution in [2.45, 2.75) is 32.4 Å². The lowest BCUT2D eigenvalue weighted by atomic mass is 10.2. The van der Waals surface area contributed by atoms with E-state index in [0.29, 0.717) is 19.6 Å². The Kier molecular flexibility index (Phi) is 3.85. The number of rotatable bonds is 5. The third-order valence-corrected chi connectivity index (χ3v) is 3.66. The van der Waals surface area contributed by atoms with Crippen LogP contribution in [0.3, 0.4) is 0 Å². The van der Waals surface area contributed by atoms with Crippen molar-refractivity contribution >= 4 is 5.91 Å². The summed E-state index contributed by atoms with van der Waals surface area (Å²) in [5, 5.41) is 7.18. The van der Waals surface area contributed by atoms with E-state index in [1.165, 1.54) is 4.68 Å². The molecule has 1 aliphatic carbocycles. The molecule has 110 valence electrons. The van der Waals surface area contributed by atoms with E-state index < -0.39 is 0 Å². The fraction of sp³-hybridized carbons (Fsp3) is 0.400. The minimum atomic E-state index is -0.0877. The number of carbonyl (C=O) groups excluding carboxylic acids is 1. The average molecular weight is 286 g/mol. The van der Waals surface area contributed by atoms with Crippen molar-refractivity contribution in [3.05, 3.63) is 52.2 Å². The molecule has 1 aliphatic rings. The van der Waals surface area contributed by atoms with Crippen LogP contribution >= 0.6 is 0 Å². The predicted octanol–water partition coefficient (Wildman–Crippen LogP) is 0.350. The maximum atomic E-state index is 11.9. The van der Waals surface area contributed by atoms with Crippen LogP contribution in [-0.4, -0.2) is 26.8 Å². The van der Waals surface area contributed by atoms with E-state index in [2.05, 4.69) is 10.4 Å². The third-order valence-electron chi connectivity index (χ3n) is 3.66. The molecule has 0 spiro atoms. The highest BCUT2D eigenvalue weighted by Crippen LogP contribution is 2.16. The molecule has 2 heterocycles. The standard InChI is InChI=1S/C15H18N4O2/c20-14(11-18-7-1-2-8-18)16-6-9-19-15(21)10-12-4-3-5-13(12)17-19/h1-2,7-8,10H,3-6,9,11H2,(H,16,20). The number of carbonyl (C=O) groups is 1. The van der Waals surface area contributed by atoms with E-state index in [9.17, 15) is 9.59 Å². The Morgan fingerprint density at radius 3 is 2.90 bits per heavy atom. The van der Waals surface area contributed by atoms with E-state index >= 15 is 0 Å². The van der Waals surface area contributed by atoms with Crippen LogP contribution in [0.25, 0.3) is 0 Å². The van der Waals surface area contributed by atoms with Crippen molar-refractivity contribution in [3.63, 3.8) is 0 Å². The van der Waals surface area contributed by atoms with Gasteiger partial charge < -0.3 is 9.88 Å². The Hall–Kier alpha value is -2.37. The maximum Gasteiger partial charge on any atom is 0.267 e. The zero-order chi connectivity index (χ0) is 14.7. The summed E-state index contributed by atoms with van der Waals surface area (Å²) in [6.45, 7) is 1.11. The Balaban J connectivity index is 1.54. The minimum absolute atomic E-state index is 0.0691. The first-order chi connectivity index (χ1) is 10.2. The van der Waals surface area contributed by atoms with Gasteiger partial charge in [-0.2, -0.15) is 5.10 Å². The van der Waals surface area contributed by atoms with E-state index in [4.69, 9.17) is 0 Å². The molecule has 0 aliphatic heterocycles. The molecule has 0 radical (unpaired) electrons. The first-order valence-electron chi connectivity index (χ1n) is 7.20. The van der Waals surface area contributed by atoms with Gasteiger partial charge in [0.2, 0.25) is 5.91 Å². The lowest BCUT2D eigenvalue weighted by Crippen LogP contribution is -2.34. The van der Waals surface area contributed by atoms with Crippen LogP contribution in [0.4, 0.5) is 0 Å². The molecule has 21 heavy (non-hydrogen) atoms. The Morgan fingerprint density at radius 1 is 1.29 bits per heavy atom. The molecular formula is C15H18N4O2. The van der Waals surface area contributed by atoms with Crippen molar-refractivity contribution in [1.82, 2.24) is 19.7 Å². The lowest BCUT2D eigenvalue weighted by molar-refractivity contribution is -0.121. The first kappa shape index (κ1) is 13.6. The van der Waals surface area contributed by atoms with Gasteiger partial charge >= 0.3 is 0 Å². The number of nitrogens with zero attached hydrogens (tertiary/aromatic N) is 3. The molecule has 0 unspecified atom stereocenters. The van der Waals surface area contributed by atoms with Gasteiger partial charge in [-0.15, -0.1) is 0 Å². The number of hydrogen-bond donors (Lipinski definition) is 1. The smallest absolute Gasteiger partial charge is 0.267 e. The summed E-state index contributed by atoms with van der Waals surface area (Å²) in [7, 11) is 0. The highest BCUT2D eigenvalue weighted by atomic mass is 16.2. The summed E-state index contributed by atoms with van der Waals surface area (Å²) >= 11 is 0. The van der Waals surface area contributed by atoms with E-state index in [1.807, 2.05) is 24.5 Å². The lowest BCUT2D eigenvalue weighted by Gasteiger charge is -2.08. The third kappa shape index (κ3) is 3.21. The van der Waals surface area contributed by atoms with Gasteiger partial charge in [0.25, 0.3) is 5.56 Å². The number of hydrogen-bond acceptors (Lipinski definition) is 3. The zero-order valence-electron chi connectivity index (χ0n) is 11.8. The van der Waals surface area contributed by atoms with Crippen LogP contribution in [0.1, 0.15) is 17.7 Å². The molecule has 0 fully saturated rings. The quantitative estimate of drug-likeness (QED) is 0.862. The van der Waals surface area contributed by atoms with Crippen LogP contribution in [0, 0.1) is 0 Å². The number of nitrogens with one attached hydrogen (secondary N) is 1. The fourth-order valence-corrected chi connectivity index (χ4v) is 2.60. The van der Waals surface area contributed by atoms with Crippen molar-refractivity contribution < 1.29 is 4.79 Å². The summed E-state index contributed by atoms with van der Waals surface area (Å²) in [6, 6.07) is 5.43. The Morgan fingerprint density at radius 2 is 2.10 bits per heavy atom. The molecule has 2 aromatic heterocycles. The molecule has 0 saturated carbocycles. The van der Waals surface area contributed by atoms with Crippen molar-refractivity contribution in [3.8, 4) is 0 Å². The second-order valence-corrected chi connectivity index (χ2v) is 5.24. The highest BCUT2D eigenvalue weighted by Gasteiger charge is 2.14. The molecule has 1 amide bonds. The van der Waals surface area contributed by atoms with Gasteiger partial charge in [0.05, 0.1) is 12.2 Å². The van der Waals surface area contributed by atoms with E-state index in [1.54, 1.807) is 10.6 Å². The molecule has 3 rings (SSSR count). The van der Waals surface area contributed by atoms with Gasteiger partial charge in [-0.05, 0) is 37.0 Å². The molecule has 0 saturated heterocycles. The number of aryl methyl sites for hydroxylation is 2. The van der Waals surface area contributed by atoms with Gasteiger partial charge in [0.15, 0.2) is 0 Å². The topological polar surface area (TPSA) is 68.9 Å². The van der Waals surface area contributed by atoms with Crippen LogP contribution in [-0.2, 0) is 30.7 Å². The second-order valence-electron chi connectivity index (χ2n) is 5.24. The van der Waals surface area contributed by atoms with Gasteiger partial charge in [-0.3, -0.25) is 9.59 Å². The van der Waals surface area contributed by atoms with Crippen molar-refractivity contribution in [1.29, 1.82) is 0 Å². The summed E-state index contributed by atoms with van der Waals surface area (Å²) in [5.41, 5.74) is 2.01. The summed E-state index contributed by atoms with van der Waals surface area (Å²) in [5.74, 6) is -0.0691. The second kappa shape index (κ2) is 5.95. The molecule has 6 heteroatoms. The number of aromatic nitrogens is 3. The van der Waals surface area contributed by atoms with Crippen LogP contribution in [0.15, 0.2) is 35.4 Å². The highest BCUT2D eigenvalue weighted by molar-refractivity contribution is 5.75. The van der Waals surface area contributed by atoms with Crippen molar-refractivity contribution in [2.75, 3.05) is 6.54 Å². The van der Waals surface area contributed by atoms with E-state index in [-0.39, 0.29) is 11.5 Å². The average Bonchev–Trinajstić information content (AvgIpc) is 3.10. The molecule has 0 bridgehead atoms. The van der Waals surface area contributed by atoms with Crippen LogP contribution in [0.5, 0.6) is 0 Å². The molecule has 6 nitrogen and oxygen atoms in total. The van der Waals surface area contributed by atoms with Crippen molar-refractivity contribution in [2.24, 2.45) is 0 Å². The van der Waals surface area contributed by atoms with Gasteiger partial charge in [-0.1, -0.05) is 0 Å². The fourth-order valence-electron chi connectivity index (χ4n) is 2.60. The molecular weight excluding hydrogens is 268 g/mol.